The Kier molecular flexibility index (Phi) is 8.27. The Hall–Kier alpha value is -3.26. The van der Waals surface area contributed by atoms with E-state index in [1.54, 1.807) is 43.3 Å². The third kappa shape index (κ3) is 6.18. The van der Waals surface area contributed by atoms with Crippen LogP contribution >= 0.6 is 11.6 Å². The number of alkyl halides is 1. The Morgan fingerprint density at radius 2 is 1.89 bits per heavy atom. The summed E-state index contributed by atoms with van der Waals surface area (Å²) in [6, 6.07) is 9.51. The molecule has 2 aliphatic carbocycles. The second-order valence-electron chi connectivity index (χ2n) is 9.44. The molecule has 196 valence electrons. The summed E-state index contributed by atoms with van der Waals surface area (Å²) in [5, 5.41) is 13.7. The number of nitrogens with one attached hydrogen (secondary N) is 1. The smallest absolute Gasteiger partial charge is 0.338 e. The van der Waals surface area contributed by atoms with Crippen molar-refractivity contribution in [2.75, 3.05) is 11.9 Å². The van der Waals surface area contributed by atoms with Gasteiger partial charge in [-0.2, -0.15) is 0 Å². The first kappa shape index (κ1) is 26.8. The van der Waals surface area contributed by atoms with Gasteiger partial charge >= 0.3 is 5.97 Å². The van der Waals surface area contributed by atoms with Gasteiger partial charge in [0.25, 0.3) is 0 Å². The number of pyridine rings is 1. The number of anilines is 1. The molecule has 1 heterocycles. The van der Waals surface area contributed by atoms with Crippen LogP contribution in [0.2, 0.25) is 0 Å². The van der Waals surface area contributed by atoms with Crippen molar-refractivity contribution >= 4 is 34.7 Å². The maximum absolute atomic E-state index is 14.9. The lowest BCUT2D eigenvalue weighted by Gasteiger charge is -2.20. The lowest BCUT2D eigenvalue weighted by Crippen LogP contribution is -2.40. The highest BCUT2D eigenvalue weighted by Gasteiger charge is 2.37. The van der Waals surface area contributed by atoms with Crippen LogP contribution in [0.1, 0.15) is 73.5 Å². The van der Waals surface area contributed by atoms with E-state index in [1.165, 1.54) is 13.1 Å². The van der Waals surface area contributed by atoms with Gasteiger partial charge in [-0.05, 0) is 74.9 Å². The fourth-order valence-corrected chi connectivity index (χ4v) is 4.76. The summed E-state index contributed by atoms with van der Waals surface area (Å²) >= 11 is 6.03. The van der Waals surface area contributed by atoms with Crippen molar-refractivity contribution in [1.82, 2.24) is 0 Å². The fourth-order valence-electron chi connectivity index (χ4n) is 4.57. The molecule has 2 aromatic rings. The van der Waals surface area contributed by atoms with Crippen molar-refractivity contribution in [3.8, 4) is 0 Å². The average molecular weight is 532 g/mol. The number of hydrogen-bond donors (Lipinski definition) is 2. The third-order valence-electron chi connectivity index (χ3n) is 6.72. The van der Waals surface area contributed by atoms with E-state index < -0.39 is 23.9 Å². The maximum atomic E-state index is 14.9. The Labute approximate surface area is 219 Å². The highest BCUT2D eigenvalue weighted by molar-refractivity contribution is 6.31. The second kappa shape index (κ2) is 11.4. The normalized spacial score (nSPS) is 17.4. The zero-order valence-electron chi connectivity index (χ0n) is 20.8. The van der Waals surface area contributed by atoms with Gasteiger partial charge in [0.1, 0.15) is 17.9 Å². The van der Waals surface area contributed by atoms with Crippen LogP contribution in [0.15, 0.2) is 59.0 Å². The number of benzene rings is 1. The van der Waals surface area contributed by atoms with Crippen molar-refractivity contribution in [2.45, 2.75) is 58.0 Å². The van der Waals surface area contributed by atoms with Crippen LogP contribution in [-0.4, -0.2) is 29.9 Å². The van der Waals surface area contributed by atoms with E-state index in [0.717, 1.165) is 17.6 Å². The van der Waals surface area contributed by atoms with Gasteiger partial charge in [0.2, 0.25) is 17.8 Å². The van der Waals surface area contributed by atoms with Gasteiger partial charge in [-0.25, -0.2) is 13.6 Å². The molecule has 2 aliphatic rings. The minimum absolute atomic E-state index is 0.0212. The minimum atomic E-state index is -1.37. The number of rotatable bonds is 9. The molecule has 6 nitrogen and oxygen atoms in total. The summed E-state index contributed by atoms with van der Waals surface area (Å²) < 4.78 is 35.0. The van der Waals surface area contributed by atoms with Crippen molar-refractivity contribution in [2.24, 2.45) is 5.92 Å². The second-order valence-corrected chi connectivity index (χ2v) is 9.90. The van der Waals surface area contributed by atoms with Crippen LogP contribution in [0.5, 0.6) is 0 Å². The predicted molar refractivity (Wildman–Crippen MR) is 136 cm³/mol. The SMILES string of the molecule is CCOC(=O)c1ccc(NC(=O)C(CC2CC2)c2ccc(C3=C(C(C)F)CCC(Cl)=C3F)c[n+]2O)cc1. The van der Waals surface area contributed by atoms with Crippen LogP contribution in [0.4, 0.5) is 14.5 Å². The van der Waals surface area contributed by atoms with E-state index in [4.69, 9.17) is 16.3 Å². The molecule has 9 heteroatoms. The Morgan fingerprint density at radius 3 is 2.49 bits per heavy atom. The van der Waals surface area contributed by atoms with Crippen molar-refractivity contribution in [1.29, 1.82) is 0 Å². The summed E-state index contributed by atoms with van der Waals surface area (Å²) in [7, 11) is 0. The van der Waals surface area contributed by atoms with E-state index in [9.17, 15) is 23.6 Å². The van der Waals surface area contributed by atoms with Gasteiger partial charge < -0.3 is 10.1 Å². The fraction of sp³-hybridized carbons (Fsp3) is 0.393. The van der Waals surface area contributed by atoms with Crippen LogP contribution in [0, 0.1) is 5.92 Å². The highest BCUT2D eigenvalue weighted by Crippen LogP contribution is 2.42. The molecule has 1 amide bonds. The van der Waals surface area contributed by atoms with Gasteiger partial charge in [-0.3, -0.25) is 10.0 Å². The van der Waals surface area contributed by atoms with Crippen LogP contribution in [0.3, 0.4) is 0 Å². The number of aromatic nitrogens is 1. The lowest BCUT2D eigenvalue weighted by molar-refractivity contribution is -0.910. The predicted octanol–water partition coefficient (Wildman–Crippen LogP) is 6.24. The first-order valence-electron chi connectivity index (χ1n) is 12.4. The first-order valence-corrected chi connectivity index (χ1v) is 12.8. The Morgan fingerprint density at radius 1 is 1.19 bits per heavy atom. The lowest BCUT2D eigenvalue weighted by atomic mass is 9.89. The molecule has 0 saturated heterocycles. The molecule has 4 rings (SSSR count). The maximum Gasteiger partial charge on any atom is 0.338 e. The van der Waals surface area contributed by atoms with Crippen LogP contribution in [-0.2, 0) is 9.53 Å². The molecule has 37 heavy (non-hydrogen) atoms. The zero-order valence-corrected chi connectivity index (χ0v) is 21.5. The first-order chi connectivity index (χ1) is 17.7. The molecular weight excluding hydrogens is 502 g/mol. The number of carbonyl (C=O) groups excluding carboxylic acids is 2. The van der Waals surface area contributed by atoms with Crippen molar-refractivity contribution in [3.05, 3.63) is 75.8 Å². The molecule has 0 aliphatic heterocycles. The molecule has 2 N–H and O–H groups in total. The minimum Gasteiger partial charge on any atom is -0.462 e. The molecule has 1 aromatic heterocycles. The average Bonchev–Trinajstić information content (AvgIpc) is 3.69. The number of halogens is 3. The molecule has 1 fully saturated rings. The standard InChI is InChI=1S/C28H29ClF2N2O4/c1-3-37-28(35)18-6-9-20(10-7-18)32-27(34)22(14-17-4-5-17)24-13-8-19(15-33(24)36)25-21(16(2)30)11-12-23(29)26(25)31/h6-10,13,15-17,22H,3-5,11-12,14H2,1-2H3,(H-,32,34,35,36)/p+1. The molecule has 0 spiro atoms. The number of nitrogens with zero attached hydrogens (tertiary/aromatic N) is 1. The summed E-state index contributed by atoms with van der Waals surface area (Å²) in [5.41, 5.74) is 1.81. The quantitative estimate of drug-likeness (QED) is 0.228. The molecule has 2 atom stereocenters. The van der Waals surface area contributed by atoms with Gasteiger partial charge in [-0.15, -0.1) is 0 Å². The largest absolute Gasteiger partial charge is 0.462 e. The highest BCUT2D eigenvalue weighted by atomic mass is 35.5. The van der Waals surface area contributed by atoms with E-state index in [2.05, 4.69) is 5.32 Å². The van der Waals surface area contributed by atoms with Gasteiger partial charge in [0.15, 0.2) is 0 Å². The Balaban J connectivity index is 1.60. The molecule has 0 bridgehead atoms. The topological polar surface area (TPSA) is 79.5 Å². The molecule has 1 saturated carbocycles. The Bertz CT molecular complexity index is 1250. The summed E-state index contributed by atoms with van der Waals surface area (Å²) in [6.45, 7) is 3.33. The molecular formula is C28H30ClF2N2O4+. The van der Waals surface area contributed by atoms with E-state index in [1.807, 2.05) is 0 Å². The number of amides is 1. The molecule has 1 aromatic carbocycles. The zero-order chi connectivity index (χ0) is 26.7. The van der Waals surface area contributed by atoms with Crippen LogP contribution in [0.25, 0.3) is 5.57 Å². The van der Waals surface area contributed by atoms with Crippen molar-refractivity contribution < 1.29 is 33.0 Å². The van der Waals surface area contributed by atoms with E-state index in [0.29, 0.717) is 29.3 Å². The van der Waals surface area contributed by atoms with Gasteiger partial charge in [0, 0.05) is 22.1 Å². The van der Waals surface area contributed by atoms with Crippen LogP contribution < -0.4 is 10.0 Å². The molecule has 2 unspecified atom stereocenters. The summed E-state index contributed by atoms with van der Waals surface area (Å²) in [5.74, 6) is -1.78. The van der Waals surface area contributed by atoms with E-state index >= 15 is 0 Å². The van der Waals surface area contributed by atoms with Gasteiger partial charge in [0.05, 0.1) is 22.8 Å². The number of carbonyl (C=O) groups is 2. The third-order valence-corrected chi connectivity index (χ3v) is 7.08. The van der Waals surface area contributed by atoms with E-state index in [-0.39, 0.29) is 47.1 Å². The molecule has 0 radical (unpaired) electrons. The summed E-state index contributed by atoms with van der Waals surface area (Å²) in [4.78, 5) is 25.2. The van der Waals surface area contributed by atoms with Crippen molar-refractivity contribution in [3.63, 3.8) is 0 Å². The number of ether oxygens (including phenoxy) is 1. The number of hydrogen-bond acceptors (Lipinski definition) is 4. The number of allylic oxidation sites excluding steroid dienone is 4. The summed E-state index contributed by atoms with van der Waals surface area (Å²) in [6.07, 6.45) is 2.96. The number of esters is 1. The van der Waals surface area contributed by atoms with Gasteiger partial charge in [-0.1, -0.05) is 24.4 Å². The monoisotopic (exact) mass is 531 g/mol.